The Labute approximate surface area is 192 Å². The van der Waals surface area contributed by atoms with E-state index in [0.717, 1.165) is 51.1 Å². The van der Waals surface area contributed by atoms with Gasteiger partial charge in [-0.15, -0.1) is 0 Å². The van der Waals surface area contributed by atoms with E-state index in [1.165, 1.54) is 11.1 Å². The fourth-order valence-electron chi connectivity index (χ4n) is 3.94. The van der Waals surface area contributed by atoms with Crippen LogP contribution in [0.5, 0.6) is 0 Å². The number of carbonyl (C=O) groups excluding carboxylic acids is 2. The van der Waals surface area contributed by atoms with Crippen molar-refractivity contribution in [2.24, 2.45) is 0 Å². The van der Waals surface area contributed by atoms with Crippen LogP contribution in [-0.4, -0.2) is 67.4 Å². The first-order chi connectivity index (χ1) is 15.5. The number of hydrogen-bond acceptors (Lipinski definition) is 4. The van der Waals surface area contributed by atoms with E-state index < -0.39 is 0 Å². The van der Waals surface area contributed by atoms with Crippen molar-refractivity contribution < 1.29 is 9.59 Å². The maximum absolute atomic E-state index is 12.6. The molecule has 0 bridgehead atoms. The largest absolute Gasteiger partial charge is 0.355 e. The summed E-state index contributed by atoms with van der Waals surface area (Å²) in [6.07, 6.45) is 2.10. The molecule has 2 aromatic carbocycles. The van der Waals surface area contributed by atoms with Gasteiger partial charge in [-0.25, -0.2) is 0 Å². The minimum Gasteiger partial charge on any atom is -0.355 e. The normalized spacial score (nSPS) is 15.8. The van der Waals surface area contributed by atoms with Crippen molar-refractivity contribution in [3.63, 3.8) is 0 Å². The van der Waals surface area contributed by atoms with Crippen molar-refractivity contribution in [1.82, 2.24) is 20.4 Å². The number of piperazine rings is 1. The Hall–Kier alpha value is -2.70. The minimum atomic E-state index is -0.0413. The number of amides is 2. The molecule has 1 atom stereocenters. The lowest BCUT2D eigenvalue weighted by Gasteiger charge is -2.34. The second kappa shape index (κ2) is 12.4. The summed E-state index contributed by atoms with van der Waals surface area (Å²) in [7, 11) is 0. The lowest BCUT2D eigenvalue weighted by atomic mass is 10.0. The topological polar surface area (TPSA) is 64.7 Å². The predicted octanol–water partition coefficient (Wildman–Crippen LogP) is 3.06. The van der Waals surface area contributed by atoms with Crippen molar-refractivity contribution in [3.05, 3.63) is 60.2 Å². The van der Waals surface area contributed by atoms with Crippen LogP contribution < -0.4 is 10.6 Å². The van der Waals surface area contributed by atoms with Gasteiger partial charge in [0.15, 0.2) is 0 Å². The molecule has 32 heavy (non-hydrogen) atoms. The maximum atomic E-state index is 12.6. The Kier molecular flexibility index (Phi) is 9.26. The summed E-state index contributed by atoms with van der Waals surface area (Å²) in [6, 6.07) is 18.6. The van der Waals surface area contributed by atoms with Crippen LogP contribution in [0.4, 0.5) is 0 Å². The summed E-state index contributed by atoms with van der Waals surface area (Å²) < 4.78 is 0. The van der Waals surface area contributed by atoms with E-state index in [9.17, 15) is 9.59 Å². The van der Waals surface area contributed by atoms with Gasteiger partial charge in [-0.05, 0) is 30.0 Å². The van der Waals surface area contributed by atoms with Crippen LogP contribution in [-0.2, 0) is 9.59 Å². The number of benzene rings is 2. The van der Waals surface area contributed by atoms with Gasteiger partial charge in [-0.1, -0.05) is 67.9 Å². The third-order valence-corrected chi connectivity index (χ3v) is 5.95. The summed E-state index contributed by atoms with van der Waals surface area (Å²) in [5.41, 5.74) is 3.45. The second-order valence-electron chi connectivity index (χ2n) is 8.53. The lowest BCUT2D eigenvalue weighted by molar-refractivity contribution is -0.125. The first kappa shape index (κ1) is 24.0. The molecule has 0 spiro atoms. The molecule has 1 fully saturated rings. The molecule has 1 heterocycles. The fourth-order valence-corrected chi connectivity index (χ4v) is 3.94. The molecule has 1 aliphatic rings. The molecule has 0 aliphatic carbocycles. The summed E-state index contributed by atoms with van der Waals surface area (Å²) in [5, 5.41) is 6.08. The highest BCUT2D eigenvalue weighted by Gasteiger charge is 2.21. The van der Waals surface area contributed by atoms with Gasteiger partial charge in [0.1, 0.15) is 0 Å². The predicted molar refractivity (Wildman–Crippen MR) is 129 cm³/mol. The molecule has 6 nitrogen and oxygen atoms in total. The fraction of sp³-hybridized carbons (Fsp3) is 0.462. The average molecular weight is 437 g/mol. The number of nitrogens with zero attached hydrogens (tertiary/aromatic N) is 2. The Balaban J connectivity index is 1.39. The third kappa shape index (κ3) is 7.46. The van der Waals surface area contributed by atoms with E-state index in [4.69, 9.17) is 0 Å². The van der Waals surface area contributed by atoms with E-state index in [0.29, 0.717) is 13.1 Å². The van der Waals surface area contributed by atoms with Crippen molar-refractivity contribution in [1.29, 1.82) is 0 Å². The maximum Gasteiger partial charge on any atom is 0.234 e. The lowest BCUT2D eigenvalue weighted by Crippen LogP contribution is -2.51. The molecule has 0 aromatic heterocycles. The molecular weight excluding hydrogens is 400 g/mol. The highest BCUT2D eigenvalue weighted by molar-refractivity contribution is 5.79. The number of hydrogen-bond donors (Lipinski definition) is 2. The van der Waals surface area contributed by atoms with E-state index >= 15 is 0 Å². The standard InChI is InChI=1S/C26H36N4O2/c1-3-4-14-27-25(31)19-29-15-17-30(18-16-29)20-26(32)28-21(2)22-10-12-24(13-11-22)23-8-6-5-7-9-23/h5-13,21H,3-4,14-20H2,1-2H3,(H,27,31)(H,28,32). The first-order valence-electron chi connectivity index (χ1n) is 11.7. The second-order valence-corrected chi connectivity index (χ2v) is 8.53. The number of unbranched alkanes of at least 4 members (excludes halogenated alkanes) is 1. The van der Waals surface area contributed by atoms with Gasteiger partial charge in [-0.3, -0.25) is 19.4 Å². The molecule has 1 aliphatic heterocycles. The first-order valence-corrected chi connectivity index (χ1v) is 11.7. The number of nitrogens with one attached hydrogen (secondary N) is 2. The number of rotatable bonds is 10. The Morgan fingerprint density at radius 1 is 0.844 bits per heavy atom. The Morgan fingerprint density at radius 2 is 1.41 bits per heavy atom. The van der Waals surface area contributed by atoms with E-state index in [1.807, 2.05) is 25.1 Å². The van der Waals surface area contributed by atoms with Gasteiger partial charge in [0.25, 0.3) is 0 Å². The van der Waals surface area contributed by atoms with E-state index in [2.05, 4.69) is 63.8 Å². The van der Waals surface area contributed by atoms with Crippen LogP contribution in [0.25, 0.3) is 11.1 Å². The van der Waals surface area contributed by atoms with Gasteiger partial charge in [0.2, 0.25) is 11.8 Å². The zero-order valence-electron chi connectivity index (χ0n) is 19.3. The van der Waals surface area contributed by atoms with Crippen LogP contribution in [0.15, 0.2) is 54.6 Å². The Morgan fingerprint density at radius 3 is 2.00 bits per heavy atom. The van der Waals surface area contributed by atoms with Gasteiger partial charge in [0.05, 0.1) is 19.1 Å². The zero-order valence-corrected chi connectivity index (χ0v) is 19.3. The van der Waals surface area contributed by atoms with E-state index in [-0.39, 0.29) is 17.9 Å². The monoisotopic (exact) mass is 436 g/mol. The van der Waals surface area contributed by atoms with Gasteiger partial charge >= 0.3 is 0 Å². The summed E-state index contributed by atoms with van der Waals surface area (Å²) >= 11 is 0. The van der Waals surface area contributed by atoms with Crippen LogP contribution in [0, 0.1) is 0 Å². The van der Waals surface area contributed by atoms with Gasteiger partial charge in [-0.2, -0.15) is 0 Å². The Bertz CT molecular complexity index is 846. The summed E-state index contributed by atoms with van der Waals surface area (Å²) in [6.45, 7) is 8.95. The van der Waals surface area contributed by atoms with Crippen LogP contribution in [0.2, 0.25) is 0 Å². The SMILES string of the molecule is CCCCNC(=O)CN1CCN(CC(=O)NC(C)c2ccc(-c3ccccc3)cc2)CC1. The molecule has 6 heteroatoms. The molecule has 2 aromatic rings. The van der Waals surface area contributed by atoms with Crippen molar-refractivity contribution >= 4 is 11.8 Å². The number of carbonyl (C=O) groups is 2. The van der Waals surface area contributed by atoms with Crippen molar-refractivity contribution in [2.45, 2.75) is 32.7 Å². The third-order valence-electron chi connectivity index (χ3n) is 5.95. The van der Waals surface area contributed by atoms with Crippen LogP contribution in [0.3, 0.4) is 0 Å². The quantitative estimate of drug-likeness (QED) is 0.562. The molecule has 2 amide bonds. The van der Waals surface area contributed by atoms with Gasteiger partial charge in [0, 0.05) is 32.7 Å². The molecular formula is C26H36N4O2. The van der Waals surface area contributed by atoms with Crippen molar-refractivity contribution in [3.8, 4) is 11.1 Å². The average Bonchev–Trinajstić information content (AvgIpc) is 2.81. The molecule has 0 radical (unpaired) electrons. The smallest absolute Gasteiger partial charge is 0.234 e. The highest BCUT2D eigenvalue weighted by Crippen LogP contribution is 2.21. The van der Waals surface area contributed by atoms with Gasteiger partial charge < -0.3 is 10.6 Å². The summed E-state index contributed by atoms with van der Waals surface area (Å²) in [4.78, 5) is 28.8. The van der Waals surface area contributed by atoms with E-state index in [1.54, 1.807) is 0 Å². The molecule has 1 unspecified atom stereocenters. The molecule has 1 saturated heterocycles. The molecule has 0 saturated carbocycles. The van der Waals surface area contributed by atoms with Crippen LogP contribution >= 0.6 is 0 Å². The minimum absolute atomic E-state index is 0.0374. The summed E-state index contributed by atoms with van der Waals surface area (Å²) in [5.74, 6) is 0.132. The molecule has 2 N–H and O–H groups in total. The molecule has 3 rings (SSSR count). The highest BCUT2D eigenvalue weighted by atomic mass is 16.2. The molecule has 172 valence electrons. The van der Waals surface area contributed by atoms with Crippen LogP contribution in [0.1, 0.15) is 38.3 Å². The zero-order chi connectivity index (χ0) is 22.8. The van der Waals surface area contributed by atoms with Crippen molar-refractivity contribution in [2.75, 3.05) is 45.8 Å².